The van der Waals surface area contributed by atoms with Crippen LogP contribution in [0.2, 0.25) is 10.0 Å². The van der Waals surface area contributed by atoms with E-state index in [0.717, 1.165) is 35.0 Å². The second-order valence-electron chi connectivity index (χ2n) is 7.04. The highest BCUT2D eigenvalue weighted by Gasteiger charge is 2.21. The lowest BCUT2D eigenvalue weighted by molar-refractivity contribution is -0.127. The molecule has 2 aromatic heterocycles. The zero-order valence-corrected chi connectivity index (χ0v) is 18.9. The van der Waals surface area contributed by atoms with Gasteiger partial charge >= 0.3 is 0 Å². The molecular weight excluding hydrogens is 449 g/mol. The van der Waals surface area contributed by atoms with Crippen LogP contribution in [0.5, 0.6) is 0 Å². The van der Waals surface area contributed by atoms with Gasteiger partial charge in [-0.3, -0.25) is 9.59 Å². The van der Waals surface area contributed by atoms with Crippen molar-refractivity contribution in [2.75, 3.05) is 12.8 Å². The molecule has 0 aliphatic heterocycles. The first kappa shape index (κ1) is 20.7. The second kappa shape index (κ2) is 8.68. The molecule has 5 nitrogen and oxygen atoms in total. The summed E-state index contributed by atoms with van der Waals surface area (Å²) < 4.78 is 0. The van der Waals surface area contributed by atoms with E-state index in [0.29, 0.717) is 33.9 Å². The number of carbonyl (C=O) groups is 1. The molecule has 0 radical (unpaired) electrons. The average Bonchev–Trinajstić information content (AvgIpc) is 3.25. The van der Waals surface area contributed by atoms with E-state index in [1.165, 1.54) is 22.2 Å². The van der Waals surface area contributed by atoms with Crippen LogP contribution >= 0.6 is 46.3 Å². The molecule has 0 atom stereocenters. The van der Waals surface area contributed by atoms with Gasteiger partial charge in [-0.2, -0.15) is 0 Å². The van der Waals surface area contributed by atoms with Gasteiger partial charge in [0.15, 0.2) is 0 Å². The van der Waals surface area contributed by atoms with Crippen LogP contribution in [0.3, 0.4) is 0 Å². The Morgan fingerprint density at radius 2 is 2.14 bits per heavy atom. The predicted molar refractivity (Wildman–Crippen MR) is 121 cm³/mol. The highest BCUT2D eigenvalue weighted by atomic mass is 35.5. The standard InChI is InChI=1S/C20H19Cl2N3O2S2/c1-25(8-11-5-6-13(21)14(22)7-11)17(26)10-28-9-16-23-19(27)18-12-3-2-4-15(12)29-20(18)24-16/h5-7H,2-4,8-10H2,1H3,(H,23,24,27). The van der Waals surface area contributed by atoms with Crippen LogP contribution in [0, 0.1) is 0 Å². The van der Waals surface area contributed by atoms with Crippen LogP contribution in [0.15, 0.2) is 23.0 Å². The molecule has 1 N–H and O–H groups in total. The number of thiophene rings is 1. The number of carbonyl (C=O) groups excluding carboxylic acids is 1. The molecule has 1 amide bonds. The van der Waals surface area contributed by atoms with Crippen molar-refractivity contribution in [2.45, 2.75) is 31.6 Å². The minimum atomic E-state index is -0.0620. The number of thioether (sulfide) groups is 1. The van der Waals surface area contributed by atoms with Gasteiger partial charge in [-0.25, -0.2) is 4.98 Å². The number of aromatic nitrogens is 2. The van der Waals surface area contributed by atoms with Crippen LogP contribution in [-0.4, -0.2) is 33.6 Å². The lowest BCUT2D eigenvalue weighted by Gasteiger charge is -2.17. The summed E-state index contributed by atoms with van der Waals surface area (Å²) in [5, 5.41) is 1.73. The molecule has 0 bridgehead atoms. The van der Waals surface area contributed by atoms with E-state index < -0.39 is 0 Å². The van der Waals surface area contributed by atoms with E-state index in [-0.39, 0.29) is 11.5 Å². The fourth-order valence-electron chi connectivity index (χ4n) is 3.46. The zero-order valence-electron chi connectivity index (χ0n) is 15.8. The first-order chi connectivity index (χ1) is 13.9. The van der Waals surface area contributed by atoms with Crippen molar-refractivity contribution in [2.24, 2.45) is 0 Å². The number of H-pyrrole nitrogens is 1. The maximum absolute atomic E-state index is 12.5. The largest absolute Gasteiger partial charge is 0.341 e. The quantitative estimate of drug-likeness (QED) is 0.571. The monoisotopic (exact) mass is 467 g/mol. The summed E-state index contributed by atoms with van der Waals surface area (Å²) in [6, 6.07) is 5.35. The summed E-state index contributed by atoms with van der Waals surface area (Å²) in [4.78, 5) is 36.2. The van der Waals surface area contributed by atoms with E-state index in [2.05, 4.69) is 9.97 Å². The van der Waals surface area contributed by atoms with Gasteiger partial charge < -0.3 is 9.88 Å². The van der Waals surface area contributed by atoms with Gasteiger partial charge in [0.2, 0.25) is 5.91 Å². The zero-order chi connectivity index (χ0) is 20.5. The van der Waals surface area contributed by atoms with Gasteiger partial charge in [0.1, 0.15) is 10.7 Å². The van der Waals surface area contributed by atoms with Gasteiger partial charge in [0.25, 0.3) is 5.56 Å². The van der Waals surface area contributed by atoms with Gasteiger partial charge in [-0.1, -0.05) is 29.3 Å². The molecule has 0 saturated carbocycles. The summed E-state index contributed by atoms with van der Waals surface area (Å²) in [6.45, 7) is 0.456. The molecule has 0 unspecified atom stereocenters. The minimum absolute atomic E-state index is 0.000373. The number of aromatic amines is 1. The van der Waals surface area contributed by atoms with Crippen molar-refractivity contribution >= 4 is 62.4 Å². The van der Waals surface area contributed by atoms with Crippen LogP contribution in [0.25, 0.3) is 10.2 Å². The lowest BCUT2D eigenvalue weighted by atomic mass is 10.2. The smallest absolute Gasteiger partial charge is 0.259 e. The van der Waals surface area contributed by atoms with Crippen LogP contribution in [0.4, 0.5) is 0 Å². The number of nitrogens with one attached hydrogen (secondary N) is 1. The molecule has 0 saturated heterocycles. The van der Waals surface area contributed by atoms with Crippen molar-refractivity contribution in [3.8, 4) is 0 Å². The second-order valence-corrected chi connectivity index (χ2v) is 9.92. The molecule has 1 aromatic carbocycles. The number of hydrogen-bond donors (Lipinski definition) is 1. The molecule has 3 aromatic rings. The lowest BCUT2D eigenvalue weighted by Crippen LogP contribution is -2.27. The number of rotatable bonds is 6. The first-order valence-corrected chi connectivity index (χ1v) is 11.9. The fourth-order valence-corrected chi connectivity index (χ4v) is 5.89. The SMILES string of the molecule is CN(Cc1ccc(Cl)c(Cl)c1)C(=O)CSCc1nc2sc3c(c2c(=O)[nH]1)CCC3. The van der Waals surface area contributed by atoms with Crippen LogP contribution < -0.4 is 5.56 Å². The molecule has 9 heteroatoms. The number of nitrogens with zero attached hydrogens (tertiary/aromatic N) is 2. The van der Waals surface area contributed by atoms with Crippen molar-refractivity contribution in [1.82, 2.24) is 14.9 Å². The maximum Gasteiger partial charge on any atom is 0.259 e. The Bertz CT molecular complexity index is 1140. The number of amides is 1. The molecule has 0 fully saturated rings. The Balaban J connectivity index is 1.35. The summed E-state index contributed by atoms with van der Waals surface area (Å²) in [5.41, 5.74) is 2.03. The number of fused-ring (bicyclic) bond motifs is 3. The topological polar surface area (TPSA) is 66.1 Å². The normalized spacial score (nSPS) is 13.1. The van der Waals surface area contributed by atoms with E-state index in [4.69, 9.17) is 23.2 Å². The molecule has 2 heterocycles. The van der Waals surface area contributed by atoms with Gasteiger partial charge in [0.05, 0.1) is 26.9 Å². The van der Waals surface area contributed by atoms with E-state index in [9.17, 15) is 9.59 Å². The Labute approximate surface area is 186 Å². The number of benzene rings is 1. The number of hydrogen-bond acceptors (Lipinski definition) is 5. The van der Waals surface area contributed by atoms with Crippen LogP contribution in [-0.2, 0) is 29.9 Å². The summed E-state index contributed by atoms with van der Waals surface area (Å²) >= 11 is 15.0. The average molecular weight is 468 g/mol. The molecular formula is C20H19Cl2N3O2S2. The van der Waals surface area contributed by atoms with E-state index in [1.807, 2.05) is 6.07 Å². The molecule has 1 aliphatic carbocycles. The van der Waals surface area contributed by atoms with Crippen molar-refractivity contribution in [3.05, 3.63) is 60.4 Å². The number of aryl methyl sites for hydroxylation is 2. The molecule has 4 rings (SSSR count). The third kappa shape index (κ3) is 4.48. The highest BCUT2D eigenvalue weighted by Crippen LogP contribution is 2.34. The molecule has 152 valence electrons. The van der Waals surface area contributed by atoms with E-state index in [1.54, 1.807) is 35.4 Å². The summed E-state index contributed by atoms with van der Waals surface area (Å²) in [7, 11) is 1.75. The Kier molecular flexibility index (Phi) is 6.20. The maximum atomic E-state index is 12.5. The van der Waals surface area contributed by atoms with Gasteiger partial charge in [0, 0.05) is 18.5 Å². The van der Waals surface area contributed by atoms with Gasteiger partial charge in [-0.05, 0) is 42.5 Å². The summed E-state index contributed by atoms with van der Waals surface area (Å²) in [5.74, 6) is 1.41. The van der Waals surface area contributed by atoms with Crippen molar-refractivity contribution in [1.29, 1.82) is 0 Å². The Morgan fingerprint density at radius 3 is 2.93 bits per heavy atom. The first-order valence-electron chi connectivity index (χ1n) is 9.21. The van der Waals surface area contributed by atoms with Crippen LogP contribution in [0.1, 0.15) is 28.2 Å². The fraction of sp³-hybridized carbons (Fsp3) is 0.350. The Morgan fingerprint density at radius 1 is 1.31 bits per heavy atom. The molecule has 0 spiro atoms. The molecule has 29 heavy (non-hydrogen) atoms. The highest BCUT2D eigenvalue weighted by molar-refractivity contribution is 7.99. The van der Waals surface area contributed by atoms with Gasteiger partial charge in [-0.15, -0.1) is 23.1 Å². The van der Waals surface area contributed by atoms with Crippen molar-refractivity contribution in [3.63, 3.8) is 0 Å². The van der Waals surface area contributed by atoms with E-state index >= 15 is 0 Å². The molecule has 1 aliphatic rings. The predicted octanol–water partition coefficient (Wildman–Crippen LogP) is 4.67. The third-order valence-electron chi connectivity index (χ3n) is 4.92. The number of halogens is 2. The Hall–Kier alpha value is -1.54. The summed E-state index contributed by atoms with van der Waals surface area (Å²) in [6.07, 6.45) is 3.12. The minimum Gasteiger partial charge on any atom is -0.341 e. The third-order valence-corrected chi connectivity index (χ3v) is 7.77. The van der Waals surface area contributed by atoms with Crippen molar-refractivity contribution < 1.29 is 4.79 Å².